The molecule has 1 amide bonds. The lowest BCUT2D eigenvalue weighted by molar-refractivity contribution is -0.142. The average molecular weight is 381 g/mol. The number of hydrogen-bond donors (Lipinski definition) is 1. The quantitative estimate of drug-likeness (QED) is 0.442. The number of carbonyl (C=O) groups is 2. The van der Waals surface area contributed by atoms with Crippen molar-refractivity contribution in [3.8, 4) is 11.5 Å². The standard InChI is InChI=1S/C17H19NO5S2/c1-10(15-16(20)18-17(24)25-15)7-8-11-5-4-6-12(21-2)14(11)23-9-13(19)22-3/h4-6H,7-9H2,1-3H3,(H,18,20,24)/b15-10+. The Bertz CT molecular complexity index is 730. The van der Waals surface area contributed by atoms with Crippen LogP contribution in [0.3, 0.4) is 0 Å². The highest BCUT2D eigenvalue weighted by Crippen LogP contribution is 2.34. The summed E-state index contributed by atoms with van der Waals surface area (Å²) in [5, 5.41) is 2.62. The number of amides is 1. The van der Waals surface area contributed by atoms with Gasteiger partial charge in [-0.1, -0.05) is 41.7 Å². The molecule has 0 unspecified atom stereocenters. The zero-order valence-corrected chi connectivity index (χ0v) is 15.8. The van der Waals surface area contributed by atoms with E-state index >= 15 is 0 Å². The van der Waals surface area contributed by atoms with Crippen molar-refractivity contribution in [2.75, 3.05) is 20.8 Å². The minimum absolute atomic E-state index is 0.152. The van der Waals surface area contributed by atoms with Gasteiger partial charge < -0.3 is 19.5 Å². The summed E-state index contributed by atoms with van der Waals surface area (Å²) in [7, 11) is 2.84. The molecular formula is C17H19NO5S2. The summed E-state index contributed by atoms with van der Waals surface area (Å²) in [4.78, 5) is 23.8. The van der Waals surface area contributed by atoms with Crippen molar-refractivity contribution in [2.45, 2.75) is 19.8 Å². The van der Waals surface area contributed by atoms with Crippen LogP contribution >= 0.6 is 24.0 Å². The number of thioether (sulfide) groups is 1. The molecule has 0 bridgehead atoms. The summed E-state index contributed by atoms with van der Waals surface area (Å²) >= 11 is 6.29. The highest BCUT2D eigenvalue weighted by molar-refractivity contribution is 8.26. The van der Waals surface area contributed by atoms with Crippen molar-refractivity contribution >= 4 is 40.2 Å². The second-order valence-electron chi connectivity index (χ2n) is 5.27. The normalized spacial score (nSPS) is 15.6. The van der Waals surface area contributed by atoms with Crippen LogP contribution in [-0.4, -0.2) is 37.0 Å². The van der Waals surface area contributed by atoms with Gasteiger partial charge in [-0.05, 0) is 31.4 Å². The third-order valence-corrected chi connectivity index (χ3v) is 4.99. The zero-order valence-electron chi connectivity index (χ0n) is 14.2. The number of rotatable bonds is 7. The van der Waals surface area contributed by atoms with Gasteiger partial charge in [-0.2, -0.15) is 0 Å². The SMILES string of the molecule is COC(=O)COc1c(CC/C(C)=C2/SC(=S)NC2=O)cccc1OC. The van der Waals surface area contributed by atoms with Crippen LogP contribution in [0.15, 0.2) is 28.7 Å². The van der Waals surface area contributed by atoms with Crippen LogP contribution in [0.5, 0.6) is 11.5 Å². The fourth-order valence-electron chi connectivity index (χ4n) is 2.30. The first-order valence-electron chi connectivity index (χ1n) is 7.54. The third-order valence-electron chi connectivity index (χ3n) is 3.62. The largest absolute Gasteiger partial charge is 0.493 e. The van der Waals surface area contributed by atoms with E-state index in [0.717, 1.165) is 11.1 Å². The van der Waals surface area contributed by atoms with E-state index in [1.54, 1.807) is 6.07 Å². The first-order chi connectivity index (χ1) is 12.0. The second kappa shape index (κ2) is 8.87. The van der Waals surface area contributed by atoms with Crippen molar-refractivity contribution in [1.29, 1.82) is 0 Å². The highest BCUT2D eigenvalue weighted by atomic mass is 32.2. The summed E-state index contributed by atoms with van der Waals surface area (Å²) < 4.78 is 16.0. The molecule has 134 valence electrons. The Morgan fingerprint density at radius 1 is 1.32 bits per heavy atom. The molecule has 1 aromatic carbocycles. The maximum Gasteiger partial charge on any atom is 0.343 e. The predicted molar refractivity (Wildman–Crippen MR) is 99.9 cm³/mol. The molecule has 6 nitrogen and oxygen atoms in total. The number of nitrogens with one attached hydrogen (secondary N) is 1. The molecule has 2 rings (SSSR count). The first-order valence-corrected chi connectivity index (χ1v) is 8.77. The third kappa shape index (κ3) is 4.96. The molecule has 1 aromatic rings. The van der Waals surface area contributed by atoms with Gasteiger partial charge in [-0.15, -0.1) is 0 Å². The van der Waals surface area contributed by atoms with Crippen LogP contribution in [0.25, 0.3) is 0 Å². The number of thiocarbonyl (C=S) groups is 1. The lowest BCUT2D eigenvalue weighted by atomic mass is 10.0. The Morgan fingerprint density at radius 2 is 2.08 bits per heavy atom. The van der Waals surface area contributed by atoms with E-state index in [4.69, 9.17) is 21.7 Å². The molecule has 0 atom stereocenters. The monoisotopic (exact) mass is 381 g/mol. The number of para-hydroxylation sites is 1. The molecule has 25 heavy (non-hydrogen) atoms. The van der Waals surface area contributed by atoms with Gasteiger partial charge in [0.15, 0.2) is 18.1 Å². The number of hydrogen-bond acceptors (Lipinski definition) is 7. The summed E-state index contributed by atoms with van der Waals surface area (Å²) in [6.07, 6.45) is 1.28. The predicted octanol–water partition coefficient (Wildman–Crippen LogP) is 2.60. The van der Waals surface area contributed by atoms with E-state index in [0.29, 0.717) is 33.6 Å². The molecule has 0 aliphatic carbocycles. The summed E-state index contributed by atoms with van der Waals surface area (Å²) in [6.45, 7) is 1.71. The van der Waals surface area contributed by atoms with Crippen molar-refractivity contribution in [3.05, 3.63) is 34.2 Å². The topological polar surface area (TPSA) is 73.9 Å². The smallest absolute Gasteiger partial charge is 0.343 e. The van der Waals surface area contributed by atoms with Crippen molar-refractivity contribution in [1.82, 2.24) is 5.32 Å². The summed E-state index contributed by atoms with van der Waals surface area (Å²) in [5.74, 6) is 0.427. The van der Waals surface area contributed by atoms with E-state index in [9.17, 15) is 9.59 Å². The molecule has 0 radical (unpaired) electrons. The number of benzene rings is 1. The van der Waals surface area contributed by atoms with Crippen LogP contribution in [0.4, 0.5) is 0 Å². The van der Waals surface area contributed by atoms with Gasteiger partial charge in [0, 0.05) is 0 Å². The maximum absolute atomic E-state index is 11.8. The van der Waals surface area contributed by atoms with Crippen LogP contribution in [0.2, 0.25) is 0 Å². The Morgan fingerprint density at radius 3 is 2.68 bits per heavy atom. The van der Waals surface area contributed by atoms with Gasteiger partial charge in [-0.3, -0.25) is 4.79 Å². The minimum atomic E-state index is -0.470. The fourth-order valence-corrected chi connectivity index (χ4v) is 3.40. The molecule has 0 saturated carbocycles. The van der Waals surface area contributed by atoms with Crippen LogP contribution in [0, 0.1) is 0 Å². The number of carbonyl (C=O) groups excluding carboxylic acids is 2. The number of ether oxygens (including phenoxy) is 3. The Labute approximate surface area is 155 Å². The highest BCUT2D eigenvalue weighted by Gasteiger charge is 2.24. The molecule has 1 saturated heterocycles. The van der Waals surface area contributed by atoms with E-state index in [-0.39, 0.29) is 12.5 Å². The van der Waals surface area contributed by atoms with Gasteiger partial charge in [0.25, 0.3) is 5.91 Å². The maximum atomic E-state index is 11.8. The Balaban J connectivity index is 2.16. The van der Waals surface area contributed by atoms with Gasteiger partial charge in [0.2, 0.25) is 0 Å². The molecule has 0 spiro atoms. The van der Waals surface area contributed by atoms with E-state index in [1.807, 2.05) is 19.1 Å². The summed E-state index contributed by atoms with van der Waals surface area (Å²) in [6, 6.07) is 5.52. The van der Waals surface area contributed by atoms with Gasteiger partial charge in [0.1, 0.15) is 4.32 Å². The number of esters is 1. The van der Waals surface area contributed by atoms with E-state index in [1.165, 1.54) is 26.0 Å². The lowest BCUT2D eigenvalue weighted by Crippen LogP contribution is -2.18. The molecular weight excluding hydrogens is 362 g/mol. The van der Waals surface area contributed by atoms with Crippen LogP contribution < -0.4 is 14.8 Å². The van der Waals surface area contributed by atoms with E-state index < -0.39 is 5.97 Å². The molecule has 1 aliphatic rings. The molecule has 1 fully saturated rings. The van der Waals surface area contributed by atoms with Crippen molar-refractivity contribution in [3.63, 3.8) is 0 Å². The van der Waals surface area contributed by atoms with Crippen LogP contribution in [0.1, 0.15) is 18.9 Å². The summed E-state index contributed by atoms with van der Waals surface area (Å²) in [5.41, 5.74) is 1.83. The number of allylic oxidation sites excluding steroid dienone is 1. The van der Waals surface area contributed by atoms with Crippen molar-refractivity contribution < 1.29 is 23.8 Å². The molecule has 1 aliphatic heterocycles. The average Bonchev–Trinajstić information content (AvgIpc) is 2.95. The number of methoxy groups -OCH3 is 2. The fraction of sp³-hybridized carbons (Fsp3) is 0.353. The van der Waals surface area contributed by atoms with E-state index in [2.05, 4.69) is 10.1 Å². The van der Waals surface area contributed by atoms with Gasteiger partial charge in [0.05, 0.1) is 19.1 Å². The van der Waals surface area contributed by atoms with Gasteiger partial charge in [-0.25, -0.2) is 4.79 Å². The molecule has 1 N–H and O–H groups in total. The Kier molecular flexibility index (Phi) is 6.83. The second-order valence-corrected chi connectivity index (χ2v) is 6.95. The first kappa shape index (κ1) is 19.3. The lowest BCUT2D eigenvalue weighted by Gasteiger charge is -2.14. The molecule has 1 heterocycles. The molecule has 8 heteroatoms. The molecule has 0 aromatic heterocycles. The van der Waals surface area contributed by atoms with Crippen LogP contribution in [-0.2, 0) is 20.7 Å². The zero-order chi connectivity index (χ0) is 18.4. The van der Waals surface area contributed by atoms with Crippen molar-refractivity contribution in [2.24, 2.45) is 0 Å². The number of aryl methyl sites for hydroxylation is 1. The van der Waals surface area contributed by atoms with Gasteiger partial charge >= 0.3 is 5.97 Å². The minimum Gasteiger partial charge on any atom is -0.493 e. The Hall–Kier alpha value is -2.06.